The lowest BCUT2D eigenvalue weighted by molar-refractivity contribution is -0.137. The molecular weight excluding hydrogens is 494 g/mol. The number of carbonyl (C=O) groups is 1. The van der Waals surface area contributed by atoms with Crippen LogP contribution in [-0.4, -0.2) is 23.7 Å². The van der Waals surface area contributed by atoms with Crippen LogP contribution < -0.4 is 0 Å². The number of carboxylic acid groups (broad SMARTS) is 1. The van der Waals surface area contributed by atoms with Crippen LogP contribution in [0.4, 0.5) is 0 Å². The van der Waals surface area contributed by atoms with E-state index in [-0.39, 0.29) is 0 Å². The number of aliphatic imine (C=N–C) groups is 1. The van der Waals surface area contributed by atoms with Gasteiger partial charge in [-0.3, -0.25) is 4.79 Å². The van der Waals surface area contributed by atoms with E-state index in [1.165, 1.54) is 186 Å². The van der Waals surface area contributed by atoms with Crippen molar-refractivity contribution in [3.8, 4) is 0 Å². The van der Waals surface area contributed by atoms with Crippen LogP contribution in [0.2, 0.25) is 0 Å². The Morgan fingerprint density at radius 3 is 0.775 bits per heavy atom. The zero-order valence-electron chi connectivity index (χ0n) is 26.8. The SMILES string of the molecule is O=C=NCCCCCCCCCCCCCCCCCCCCCCCCCCCCCCCCCCC(=O)O. The van der Waals surface area contributed by atoms with Crippen LogP contribution in [0.15, 0.2) is 4.99 Å². The third-order valence-corrected chi connectivity index (χ3v) is 8.48. The Bertz CT molecular complexity index is 510. The Balaban J connectivity index is 3.04. The summed E-state index contributed by atoms with van der Waals surface area (Å²) >= 11 is 0. The summed E-state index contributed by atoms with van der Waals surface area (Å²) < 4.78 is 0. The molecule has 0 aliphatic carbocycles. The molecule has 0 aromatic rings. The van der Waals surface area contributed by atoms with Gasteiger partial charge in [-0.15, -0.1) is 0 Å². The van der Waals surface area contributed by atoms with Crippen molar-refractivity contribution >= 4 is 12.0 Å². The molecule has 0 saturated heterocycles. The topological polar surface area (TPSA) is 66.7 Å². The van der Waals surface area contributed by atoms with E-state index in [1.807, 2.05) is 0 Å². The van der Waals surface area contributed by atoms with E-state index >= 15 is 0 Å². The number of carbonyl (C=O) groups excluding carboxylic acids is 1. The van der Waals surface area contributed by atoms with Crippen LogP contribution in [0.3, 0.4) is 0 Å². The second-order valence-corrected chi connectivity index (χ2v) is 12.4. The molecular formula is C36H69NO3. The number of hydrogen-bond donors (Lipinski definition) is 1. The third-order valence-electron chi connectivity index (χ3n) is 8.48. The molecule has 0 heterocycles. The number of nitrogens with zero attached hydrogens (tertiary/aromatic N) is 1. The summed E-state index contributed by atoms with van der Waals surface area (Å²) in [6, 6.07) is 0. The van der Waals surface area contributed by atoms with Crippen LogP contribution in [0.1, 0.15) is 212 Å². The zero-order valence-corrected chi connectivity index (χ0v) is 26.8. The molecule has 0 aliphatic rings. The molecule has 0 saturated carbocycles. The molecule has 1 N–H and O–H groups in total. The molecule has 0 rings (SSSR count). The Hall–Kier alpha value is -1.15. The Labute approximate surface area is 250 Å². The minimum atomic E-state index is -0.653. The molecule has 0 atom stereocenters. The van der Waals surface area contributed by atoms with Gasteiger partial charge in [0.05, 0.1) is 6.54 Å². The Kier molecular flexibility index (Phi) is 34.8. The lowest BCUT2D eigenvalue weighted by atomic mass is 10.0. The van der Waals surface area contributed by atoms with Gasteiger partial charge in [0.15, 0.2) is 0 Å². The summed E-state index contributed by atoms with van der Waals surface area (Å²) in [6.45, 7) is 0.662. The second kappa shape index (κ2) is 35.9. The Morgan fingerprint density at radius 2 is 0.575 bits per heavy atom. The van der Waals surface area contributed by atoms with Crippen LogP contribution in [-0.2, 0) is 9.59 Å². The standard InChI is InChI=1S/C36H69NO3/c38-35-37-34-32-30-28-26-24-22-20-18-16-14-12-10-8-6-4-2-1-3-5-7-9-11-13-15-17-19-21-23-25-27-29-31-33-36(39)40/h1-34H2,(H,39,40). The second-order valence-electron chi connectivity index (χ2n) is 12.4. The molecule has 0 spiro atoms. The number of rotatable bonds is 35. The summed E-state index contributed by atoms with van der Waals surface area (Å²) in [6.07, 6.45) is 45.5. The fourth-order valence-electron chi connectivity index (χ4n) is 5.82. The molecule has 40 heavy (non-hydrogen) atoms. The highest BCUT2D eigenvalue weighted by molar-refractivity contribution is 5.66. The number of carboxylic acids is 1. The third kappa shape index (κ3) is 36.8. The minimum Gasteiger partial charge on any atom is -0.481 e. The van der Waals surface area contributed by atoms with E-state index in [4.69, 9.17) is 5.11 Å². The van der Waals surface area contributed by atoms with Crippen LogP contribution in [0.25, 0.3) is 0 Å². The van der Waals surface area contributed by atoms with Crippen molar-refractivity contribution in [1.29, 1.82) is 0 Å². The summed E-state index contributed by atoms with van der Waals surface area (Å²) in [5.41, 5.74) is 0. The first-order chi connectivity index (χ1) is 19.8. The molecule has 0 radical (unpaired) electrons. The fourth-order valence-corrected chi connectivity index (χ4v) is 5.82. The van der Waals surface area contributed by atoms with Gasteiger partial charge in [-0.1, -0.05) is 193 Å². The zero-order chi connectivity index (χ0) is 29.0. The van der Waals surface area contributed by atoms with Crippen molar-refractivity contribution in [1.82, 2.24) is 0 Å². The van der Waals surface area contributed by atoms with Crippen molar-refractivity contribution in [2.75, 3.05) is 6.54 Å². The maximum atomic E-state index is 10.5. The molecule has 236 valence electrons. The van der Waals surface area contributed by atoms with Crippen LogP contribution in [0, 0.1) is 0 Å². The first kappa shape index (κ1) is 38.9. The van der Waals surface area contributed by atoms with Gasteiger partial charge in [-0.2, -0.15) is 0 Å². The van der Waals surface area contributed by atoms with Gasteiger partial charge in [0.25, 0.3) is 0 Å². The van der Waals surface area contributed by atoms with E-state index in [9.17, 15) is 9.59 Å². The molecule has 4 nitrogen and oxygen atoms in total. The van der Waals surface area contributed by atoms with E-state index in [0.29, 0.717) is 13.0 Å². The highest BCUT2D eigenvalue weighted by atomic mass is 16.4. The van der Waals surface area contributed by atoms with Gasteiger partial charge in [0.2, 0.25) is 6.08 Å². The van der Waals surface area contributed by atoms with Crippen LogP contribution in [0.5, 0.6) is 0 Å². The minimum absolute atomic E-state index is 0.341. The Morgan fingerprint density at radius 1 is 0.375 bits per heavy atom. The lowest BCUT2D eigenvalue weighted by Gasteiger charge is -2.05. The average molecular weight is 564 g/mol. The molecule has 0 aromatic carbocycles. The van der Waals surface area contributed by atoms with Crippen molar-refractivity contribution in [3.63, 3.8) is 0 Å². The fraction of sp³-hybridized carbons (Fsp3) is 0.944. The van der Waals surface area contributed by atoms with Crippen LogP contribution >= 0.6 is 0 Å². The van der Waals surface area contributed by atoms with Crippen molar-refractivity contribution in [2.24, 2.45) is 4.99 Å². The molecule has 0 fully saturated rings. The quantitative estimate of drug-likeness (QED) is 0.0473. The monoisotopic (exact) mass is 564 g/mol. The van der Waals surface area contributed by atoms with E-state index < -0.39 is 5.97 Å². The molecule has 0 aliphatic heterocycles. The summed E-state index contributed by atoms with van der Waals surface area (Å²) in [7, 11) is 0. The van der Waals surface area contributed by atoms with E-state index in [1.54, 1.807) is 6.08 Å². The number of isocyanates is 1. The predicted octanol–water partition coefficient (Wildman–Crippen LogP) is 12.3. The molecule has 0 unspecified atom stereocenters. The van der Waals surface area contributed by atoms with E-state index in [2.05, 4.69) is 4.99 Å². The van der Waals surface area contributed by atoms with Gasteiger partial charge in [0, 0.05) is 6.42 Å². The maximum Gasteiger partial charge on any atom is 0.303 e. The smallest absolute Gasteiger partial charge is 0.303 e. The van der Waals surface area contributed by atoms with Gasteiger partial charge in [0.1, 0.15) is 0 Å². The van der Waals surface area contributed by atoms with Gasteiger partial charge >= 0.3 is 5.97 Å². The largest absolute Gasteiger partial charge is 0.481 e. The number of hydrogen-bond acceptors (Lipinski definition) is 3. The normalized spacial score (nSPS) is 11.1. The van der Waals surface area contributed by atoms with Crippen molar-refractivity contribution in [2.45, 2.75) is 212 Å². The van der Waals surface area contributed by atoms with Gasteiger partial charge < -0.3 is 5.11 Å². The summed E-state index contributed by atoms with van der Waals surface area (Å²) in [5, 5.41) is 8.63. The molecule has 0 bridgehead atoms. The summed E-state index contributed by atoms with van der Waals surface area (Å²) in [4.78, 5) is 24.1. The van der Waals surface area contributed by atoms with E-state index in [0.717, 1.165) is 19.3 Å². The lowest BCUT2D eigenvalue weighted by Crippen LogP contribution is -1.93. The maximum absolute atomic E-state index is 10.5. The molecule has 0 amide bonds. The van der Waals surface area contributed by atoms with Crippen molar-refractivity contribution in [3.05, 3.63) is 0 Å². The first-order valence-corrected chi connectivity index (χ1v) is 18.0. The number of unbranched alkanes of at least 4 members (excludes halogenated alkanes) is 31. The van der Waals surface area contributed by atoms with Crippen molar-refractivity contribution < 1.29 is 14.7 Å². The predicted molar refractivity (Wildman–Crippen MR) is 173 cm³/mol. The van der Waals surface area contributed by atoms with Gasteiger partial charge in [-0.25, -0.2) is 9.79 Å². The highest BCUT2D eigenvalue weighted by Gasteiger charge is 1.98. The summed E-state index contributed by atoms with van der Waals surface area (Å²) in [5.74, 6) is -0.653. The molecule has 0 aromatic heterocycles. The average Bonchev–Trinajstić information content (AvgIpc) is 2.95. The number of aliphatic carboxylic acids is 1. The van der Waals surface area contributed by atoms with Gasteiger partial charge in [-0.05, 0) is 12.8 Å². The molecule has 4 heteroatoms. The first-order valence-electron chi connectivity index (χ1n) is 18.0. The highest BCUT2D eigenvalue weighted by Crippen LogP contribution is 2.17.